The molecule has 102 valence electrons. The molecule has 0 saturated carbocycles. The van der Waals surface area contributed by atoms with Gasteiger partial charge in [0.2, 0.25) is 0 Å². The van der Waals surface area contributed by atoms with Gasteiger partial charge in [0, 0.05) is 5.56 Å². The molecule has 0 aliphatic heterocycles. The molecule has 1 aromatic carbocycles. The molecule has 7 nitrogen and oxygen atoms in total. The fourth-order valence-corrected chi connectivity index (χ4v) is 1.89. The quantitative estimate of drug-likeness (QED) is 0.274. The van der Waals surface area contributed by atoms with Gasteiger partial charge < -0.3 is 0 Å². The van der Waals surface area contributed by atoms with E-state index in [-0.39, 0.29) is 5.78 Å². The number of allylic oxidation sites excluding steroid dienone is 2. The third-order valence-electron chi connectivity index (χ3n) is 3.04. The highest BCUT2D eigenvalue weighted by molar-refractivity contribution is 6.00. The summed E-state index contributed by atoms with van der Waals surface area (Å²) in [6.45, 7) is 0. The second-order valence-electron chi connectivity index (χ2n) is 4.27. The van der Waals surface area contributed by atoms with Crippen LogP contribution in [0.25, 0.3) is 0 Å². The summed E-state index contributed by atoms with van der Waals surface area (Å²) in [4.78, 5) is 31.8. The lowest BCUT2D eigenvalue weighted by Gasteiger charge is -2.15. The lowest BCUT2D eigenvalue weighted by atomic mass is 9.90. The summed E-state index contributed by atoms with van der Waals surface area (Å²) >= 11 is 0. The van der Waals surface area contributed by atoms with E-state index >= 15 is 0 Å². The molecular formula is C13H10N2O5. The predicted molar refractivity (Wildman–Crippen MR) is 69.3 cm³/mol. The van der Waals surface area contributed by atoms with Crippen molar-refractivity contribution in [3.8, 4) is 0 Å². The Labute approximate surface area is 113 Å². The smallest absolute Gasteiger partial charge is 0.293 e. The summed E-state index contributed by atoms with van der Waals surface area (Å²) in [5.74, 6) is -0.996. The van der Waals surface area contributed by atoms with Crippen molar-refractivity contribution in [2.45, 2.75) is 5.66 Å². The van der Waals surface area contributed by atoms with Crippen molar-refractivity contribution in [3.05, 3.63) is 80.4 Å². The van der Waals surface area contributed by atoms with E-state index in [1.807, 2.05) is 0 Å². The van der Waals surface area contributed by atoms with E-state index in [0.29, 0.717) is 5.56 Å². The van der Waals surface area contributed by atoms with E-state index in [2.05, 4.69) is 0 Å². The van der Waals surface area contributed by atoms with Crippen LogP contribution >= 0.6 is 0 Å². The molecule has 0 amide bonds. The van der Waals surface area contributed by atoms with Crippen LogP contribution in [0.4, 0.5) is 0 Å². The maximum absolute atomic E-state index is 12.1. The number of nitro groups is 2. The molecule has 0 saturated heterocycles. The second-order valence-corrected chi connectivity index (χ2v) is 4.27. The number of rotatable bonds is 4. The lowest BCUT2D eigenvalue weighted by Crippen LogP contribution is -2.44. The average molecular weight is 274 g/mol. The minimum Gasteiger partial charge on any atom is -0.293 e. The van der Waals surface area contributed by atoms with Crippen molar-refractivity contribution < 1.29 is 14.6 Å². The van der Waals surface area contributed by atoms with E-state index < -0.39 is 21.4 Å². The first-order valence-corrected chi connectivity index (χ1v) is 5.74. The largest absolute Gasteiger partial charge is 0.497 e. The summed E-state index contributed by atoms with van der Waals surface area (Å²) in [6.07, 6.45) is 4.08. The van der Waals surface area contributed by atoms with Crippen LogP contribution in [0, 0.1) is 26.1 Å². The van der Waals surface area contributed by atoms with Crippen molar-refractivity contribution in [3.63, 3.8) is 0 Å². The van der Waals surface area contributed by atoms with E-state index in [4.69, 9.17) is 0 Å². The third-order valence-corrected chi connectivity index (χ3v) is 3.04. The molecule has 7 heteroatoms. The number of nitrogens with zero attached hydrogens (tertiary/aromatic N) is 2. The molecule has 0 atom stereocenters. The van der Waals surface area contributed by atoms with Gasteiger partial charge >= 0.3 is 5.66 Å². The zero-order valence-electron chi connectivity index (χ0n) is 10.2. The molecule has 0 unspecified atom stereocenters. The Morgan fingerprint density at radius 2 is 1.50 bits per heavy atom. The number of hydrogen-bond donors (Lipinski definition) is 0. The normalized spacial score (nSPS) is 16.8. The molecule has 0 bridgehead atoms. The molecule has 2 rings (SSSR count). The SMILES string of the molecule is O=C(c1ccccc1)C1C=CC([N+](=O)[O-])([N+](=O)[O-])C=C1. The molecule has 0 heterocycles. The molecule has 0 aromatic heterocycles. The van der Waals surface area contributed by atoms with Gasteiger partial charge in [-0.05, 0) is 0 Å². The van der Waals surface area contributed by atoms with Crippen molar-refractivity contribution in [1.82, 2.24) is 0 Å². The summed E-state index contributed by atoms with van der Waals surface area (Å²) in [5, 5.41) is 21.7. The van der Waals surface area contributed by atoms with Gasteiger partial charge in [-0.3, -0.25) is 25.0 Å². The molecule has 0 spiro atoms. The van der Waals surface area contributed by atoms with E-state index in [1.165, 1.54) is 12.2 Å². The van der Waals surface area contributed by atoms with Crippen molar-refractivity contribution in [2.24, 2.45) is 5.92 Å². The van der Waals surface area contributed by atoms with Gasteiger partial charge in [-0.1, -0.05) is 42.5 Å². The second kappa shape index (κ2) is 5.04. The van der Waals surface area contributed by atoms with Crippen LogP contribution < -0.4 is 0 Å². The molecular weight excluding hydrogens is 264 g/mol. The lowest BCUT2D eigenvalue weighted by molar-refractivity contribution is -0.765. The van der Waals surface area contributed by atoms with Crippen LogP contribution in [-0.4, -0.2) is 21.3 Å². The first-order chi connectivity index (χ1) is 9.47. The topological polar surface area (TPSA) is 103 Å². The molecule has 0 radical (unpaired) electrons. The Hall–Kier alpha value is -2.83. The van der Waals surface area contributed by atoms with Gasteiger partial charge in [0.05, 0.1) is 18.1 Å². The average Bonchev–Trinajstić information content (AvgIpc) is 2.47. The van der Waals surface area contributed by atoms with Gasteiger partial charge in [-0.15, -0.1) is 0 Å². The minimum absolute atomic E-state index is 0.265. The summed E-state index contributed by atoms with van der Waals surface area (Å²) in [6, 6.07) is 8.39. The minimum atomic E-state index is -2.48. The Morgan fingerprint density at radius 3 is 1.95 bits per heavy atom. The number of ketones is 1. The monoisotopic (exact) mass is 274 g/mol. The highest BCUT2D eigenvalue weighted by Crippen LogP contribution is 2.24. The van der Waals surface area contributed by atoms with Crippen molar-refractivity contribution in [2.75, 3.05) is 0 Å². The van der Waals surface area contributed by atoms with E-state index in [0.717, 1.165) is 12.2 Å². The van der Waals surface area contributed by atoms with Crippen molar-refractivity contribution >= 4 is 5.78 Å². The van der Waals surface area contributed by atoms with Gasteiger partial charge in [-0.2, -0.15) is 0 Å². The van der Waals surface area contributed by atoms with Crippen LogP contribution in [0.5, 0.6) is 0 Å². The zero-order valence-corrected chi connectivity index (χ0v) is 10.2. The number of Topliss-reactive ketones (excluding diaryl/α,β-unsaturated/α-hetero) is 1. The Morgan fingerprint density at radius 1 is 1.00 bits per heavy atom. The van der Waals surface area contributed by atoms with Crippen LogP contribution in [-0.2, 0) is 0 Å². The highest BCUT2D eigenvalue weighted by Gasteiger charge is 2.52. The fourth-order valence-electron chi connectivity index (χ4n) is 1.89. The molecule has 0 N–H and O–H groups in total. The zero-order chi connectivity index (χ0) is 14.8. The standard InChI is InChI=1S/C13H10N2O5/c16-12(10-4-2-1-3-5-10)11-6-8-13(9-7-11,14(17)18)15(19)20/h1-9,11H. The van der Waals surface area contributed by atoms with E-state index in [9.17, 15) is 25.0 Å². The number of carbonyl (C=O) groups is 1. The van der Waals surface area contributed by atoms with E-state index in [1.54, 1.807) is 30.3 Å². The van der Waals surface area contributed by atoms with Gasteiger partial charge in [-0.25, -0.2) is 0 Å². The van der Waals surface area contributed by atoms with Crippen LogP contribution in [0.2, 0.25) is 0 Å². The first kappa shape index (κ1) is 13.6. The molecule has 1 aliphatic rings. The van der Waals surface area contributed by atoms with Gasteiger partial charge in [0.15, 0.2) is 5.78 Å². The summed E-state index contributed by atoms with van der Waals surface area (Å²) in [5.41, 5.74) is -2.03. The van der Waals surface area contributed by atoms with Crippen LogP contribution in [0.3, 0.4) is 0 Å². The van der Waals surface area contributed by atoms with Gasteiger partial charge in [0.1, 0.15) is 9.85 Å². The molecule has 1 aliphatic carbocycles. The Balaban J connectivity index is 2.26. The summed E-state index contributed by atoms with van der Waals surface area (Å²) in [7, 11) is 0. The van der Waals surface area contributed by atoms with Gasteiger partial charge in [0.25, 0.3) is 0 Å². The summed E-state index contributed by atoms with van der Waals surface area (Å²) < 4.78 is 0. The maximum atomic E-state index is 12.1. The predicted octanol–water partition coefficient (Wildman–Crippen LogP) is 1.86. The number of carbonyl (C=O) groups excluding carboxylic acids is 1. The van der Waals surface area contributed by atoms with Crippen LogP contribution in [0.15, 0.2) is 54.6 Å². The number of hydrogen-bond acceptors (Lipinski definition) is 5. The number of benzene rings is 1. The molecule has 20 heavy (non-hydrogen) atoms. The Kier molecular flexibility index (Phi) is 3.43. The molecule has 0 fully saturated rings. The highest BCUT2D eigenvalue weighted by atomic mass is 16.7. The third kappa shape index (κ3) is 2.20. The fraction of sp³-hybridized carbons (Fsp3) is 0.154. The Bertz CT molecular complexity index is 591. The van der Waals surface area contributed by atoms with Crippen LogP contribution in [0.1, 0.15) is 10.4 Å². The molecule has 1 aromatic rings. The van der Waals surface area contributed by atoms with Crippen molar-refractivity contribution in [1.29, 1.82) is 0 Å². The maximum Gasteiger partial charge on any atom is 0.497 e. The first-order valence-electron chi connectivity index (χ1n) is 5.74.